The third-order valence-electron chi connectivity index (χ3n) is 3.79. The highest BCUT2D eigenvalue weighted by Crippen LogP contribution is 2.17. The van der Waals surface area contributed by atoms with E-state index < -0.39 is 0 Å². The number of carbonyl (C=O) groups excluding carboxylic acids is 3. The Hall–Kier alpha value is -2.74. The van der Waals surface area contributed by atoms with Gasteiger partial charge in [-0.05, 0) is 18.6 Å². The Bertz CT molecular complexity index is 776. The maximum atomic E-state index is 12.2. The van der Waals surface area contributed by atoms with E-state index in [1.807, 2.05) is 13.0 Å². The molecule has 27 heavy (non-hydrogen) atoms. The second kappa shape index (κ2) is 10.4. The molecule has 1 atom stereocenters. The first-order valence-corrected chi connectivity index (χ1v) is 9.56. The summed E-state index contributed by atoms with van der Waals surface area (Å²) in [5.41, 5.74) is 1.10. The van der Waals surface area contributed by atoms with Crippen LogP contribution in [0.15, 0.2) is 35.7 Å². The van der Waals surface area contributed by atoms with Crippen LogP contribution in [-0.2, 0) is 20.7 Å². The molecule has 2 aromatic rings. The van der Waals surface area contributed by atoms with Crippen molar-refractivity contribution in [3.8, 4) is 0 Å². The lowest BCUT2D eigenvalue weighted by Gasteiger charge is -2.16. The van der Waals surface area contributed by atoms with Gasteiger partial charge in [-0.25, -0.2) is 4.98 Å². The Morgan fingerprint density at radius 1 is 1.22 bits per heavy atom. The topological polar surface area (TPSA) is 97.4 Å². The molecule has 2 N–H and O–H groups in total. The number of ether oxygens (including phenoxy) is 1. The molecule has 8 heteroatoms. The third-order valence-corrected chi connectivity index (χ3v) is 4.60. The zero-order valence-corrected chi connectivity index (χ0v) is 16.2. The van der Waals surface area contributed by atoms with Crippen LogP contribution in [-0.4, -0.2) is 35.9 Å². The van der Waals surface area contributed by atoms with Gasteiger partial charge in [-0.15, -0.1) is 11.3 Å². The van der Waals surface area contributed by atoms with Gasteiger partial charge >= 0.3 is 5.97 Å². The molecule has 0 fully saturated rings. The molecule has 1 heterocycles. The summed E-state index contributed by atoms with van der Waals surface area (Å²) in [6.45, 7) is 1.98. The van der Waals surface area contributed by atoms with Crippen LogP contribution in [0.1, 0.15) is 42.2 Å². The van der Waals surface area contributed by atoms with Gasteiger partial charge in [0, 0.05) is 17.0 Å². The van der Waals surface area contributed by atoms with E-state index in [1.165, 1.54) is 18.4 Å². The van der Waals surface area contributed by atoms with E-state index in [1.54, 1.807) is 29.6 Å². The molecule has 0 saturated heterocycles. The number of carbonyl (C=O) groups is 3. The van der Waals surface area contributed by atoms with Crippen molar-refractivity contribution in [1.82, 2.24) is 10.3 Å². The van der Waals surface area contributed by atoms with Crippen LogP contribution in [0.5, 0.6) is 0 Å². The molecule has 1 aromatic heterocycles. The van der Waals surface area contributed by atoms with E-state index in [0.717, 1.165) is 6.42 Å². The first-order chi connectivity index (χ1) is 13.0. The minimum Gasteiger partial charge on any atom is -0.469 e. The molecule has 144 valence electrons. The number of hydrogen-bond donors (Lipinski definition) is 2. The van der Waals surface area contributed by atoms with Crippen LogP contribution in [0.4, 0.5) is 5.13 Å². The van der Waals surface area contributed by atoms with Crippen molar-refractivity contribution in [2.75, 3.05) is 12.4 Å². The maximum absolute atomic E-state index is 12.2. The lowest BCUT2D eigenvalue weighted by Crippen LogP contribution is -2.37. The number of anilines is 1. The molecule has 0 bridgehead atoms. The van der Waals surface area contributed by atoms with Gasteiger partial charge in [-0.1, -0.05) is 31.5 Å². The third kappa shape index (κ3) is 6.82. The van der Waals surface area contributed by atoms with Gasteiger partial charge < -0.3 is 10.1 Å². The zero-order chi connectivity index (χ0) is 19.6. The van der Waals surface area contributed by atoms with Crippen molar-refractivity contribution in [2.45, 2.75) is 38.6 Å². The van der Waals surface area contributed by atoms with E-state index in [2.05, 4.69) is 20.4 Å². The average molecular weight is 389 g/mol. The van der Waals surface area contributed by atoms with Gasteiger partial charge in [0.2, 0.25) is 5.91 Å². The van der Waals surface area contributed by atoms with E-state index >= 15 is 0 Å². The molecule has 2 rings (SSSR count). The van der Waals surface area contributed by atoms with Crippen LogP contribution >= 0.6 is 11.3 Å². The highest BCUT2D eigenvalue weighted by Gasteiger charge is 2.17. The average Bonchev–Trinajstić information content (AvgIpc) is 3.09. The number of methoxy groups -OCH3 is 1. The second-order valence-electron chi connectivity index (χ2n) is 5.97. The molecule has 0 unspecified atom stereocenters. The van der Waals surface area contributed by atoms with Crippen LogP contribution in [0, 0.1) is 0 Å². The lowest BCUT2D eigenvalue weighted by atomic mass is 10.1. The molecular formula is C19H23N3O4S. The molecule has 0 radical (unpaired) electrons. The van der Waals surface area contributed by atoms with Gasteiger partial charge in [-0.2, -0.15) is 0 Å². The van der Waals surface area contributed by atoms with E-state index in [4.69, 9.17) is 0 Å². The summed E-state index contributed by atoms with van der Waals surface area (Å²) in [5.74, 6) is -0.820. The smallest absolute Gasteiger partial charge is 0.307 e. The Balaban J connectivity index is 1.89. The van der Waals surface area contributed by atoms with Crippen molar-refractivity contribution in [3.63, 3.8) is 0 Å². The molecule has 0 aliphatic rings. The number of nitrogens with one attached hydrogen (secondary N) is 2. The molecule has 2 amide bonds. The molecule has 0 aliphatic heterocycles. The molecule has 1 aromatic carbocycles. The van der Waals surface area contributed by atoms with Gasteiger partial charge in [0.25, 0.3) is 5.91 Å². The summed E-state index contributed by atoms with van der Waals surface area (Å²) in [6, 6.07) is 8.58. The molecule has 0 saturated carbocycles. The van der Waals surface area contributed by atoms with E-state index in [0.29, 0.717) is 22.8 Å². The monoisotopic (exact) mass is 389 g/mol. The molecular weight excluding hydrogens is 366 g/mol. The highest BCUT2D eigenvalue weighted by molar-refractivity contribution is 7.14. The number of aromatic nitrogens is 1. The fourth-order valence-corrected chi connectivity index (χ4v) is 3.21. The first kappa shape index (κ1) is 20.6. The lowest BCUT2D eigenvalue weighted by molar-refractivity contribution is -0.141. The molecule has 7 nitrogen and oxygen atoms in total. The summed E-state index contributed by atoms with van der Waals surface area (Å²) in [4.78, 5) is 40.1. The number of thiazole rings is 1. The second-order valence-corrected chi connectivity index (χ2v) is 6.83. The largest absolute Gasteiger partial charge is 0.469 e. The zero-order valence-electron chi connectivity index (χ0n) is 15.4. The van der Waals surface area contributed by atoms with Gasteiger partial charge in [0.05, 0.1) is 25.6 Å². The Labute approximate surface area is 162 Å². The predicted molar refractivity (Wildman–Crippen MR) is 104 cm³/mol. The fraction of sp³-hybridized carbons (Fsp3) is 0.368. The number of amides is 2. The van der Waals surface area contributed by atoms with Crippen molar-refractivity contribution in [2.24, 2.45) is 0 Å². The number of hydrogen-bond acceptors (Lipinski definition) is 6. The highest BCUT2D eigenvalue weighted by atomic mass is 32.1. The van der Waals surface area contributed by atoms with E-state index in [-0.39, 0.29) is 36.7 Å². The van der Waals surface area contributed by atoms with Gasteiger partial charge in [-0.3, -0.25) is 19.7 Å². The quantitative estimate of drug-likeness (QED) is 0.643. The summed E-state index contributed by atoms with van der Waals surface area (Å²) < 4.78 is 4.66. The molecule has 0 spiro atoms. The van der Waals surface area contributed by atoms with Crippen LogP contribution in [0.25, 0.3) is 0 Å². The van der Waals surface area contributed by atoms with Crippen LogP contribution in [0.3, 0.4) is 0 Å². The maximum Gasteiger partial charge on any atom is 0.307 e. The van der Waals surface area contributed by atoms with Gasteiger partial charge in [0.15, 0.2) is 5.13 Å². The Morgan fingerprint density at radius 3 is 2.63 bits per heavy atom. The summed E-state index contributed by atoms with van der Waals surface area (Å²) >= 11 is 1.26. The van der Waals surface area contributed by atoms with Crippen molar-refractivity contribution in [1.29, 1.82) is 0 Å². The van der Waals surface area contributed by atoms with Gasteiger partial charge in [0.1, 0.15) is 0 Å². The first-order valence-electron chi connectivity index (χ1n) is 8.68. The minimum absolute atomic E-state index is 0.0824. The summed E-state index contributed by atoms with van der Waals surface area (Å²) in [5, 5.41) is 7.74. The summed E-state index contributed by atoms with van der Waals surface area (Å²) in [7, 11) is 1.33. The fourth-order valence-electron chi connectivity index (χ4n) is 2.51. The SMILES string of the molecule is CCC[C@@H](CC(=O)OC)NC(=O)Cc1csc(NC(=O)c2ccccc2)n1. The summed E-state index contributed by atoms with van der Waals surface area (Å²) in [6.07, 6.45) is 1.76. The Kier molecular flexibility index (Phi) is 7.94. The standard InChI is InChI=1S/C19H23N3O4S/c1-3-7-14(11-17(24)26-2)20-16(23)10-15-12-27-19(21-15)22-18(25)13-8-5-4-6-9-13/h4-6,8-9,12,14H,3,7,10-11H2,1-2H3,(H,20,23)(H,21,22,25)/t14-/m0/s1. The minimum atomic E-state index is -0.353. The Morgan fingerprint density at radius 2 is 1.96 bits per heavy atom. The number of rotatable bonds is 9. The van der Waals surface area contributed by atoms with Crippen LogP contribution in [0.2, 0.25) is 0 Å². The van der Waals surface area contributed by atoms with Crippen molar-refractivity contribution < 1.29 is 19.1 Å². The normalized spacial score (nSPS) is 11.5. The predicted octanol–water partition coefficient (Wildman–Crippen LogP) is 2.79. The number of esters is 1. The van der Waals surface area contributed by atoms with E-state index in [9.17, 15) is 14.4 Å². The van der Waals surface area contributed by atoms with Crippen molar-refractivity contribution >= 4 is 34.3 Å². The number of nitrogens with zero attached hydrogens (tertiary/aromatic N) is 1. The molecule has 0 aliphatic carbocycles. The van der Waals surface area contributed by atoms with Crippen molar-refractivity contribution in [3.05, 3.63) is 47.0 Å². The van der Waals surface area contributed by atoms with Crippen LogP contribution < -0.4 is 10.6 Å². The number of benzene rings is 1.